The van der Waals surface area contributed by atoms with Gasteiger partial charge in [0.2, 0.25) is 5.91 Å². The second kappa shape index (κ2) is 5.82. The summed E-state index contributed by atoms with van der Waals surface area (Å²) in [5.41, 5.74) is 0.917. The molecular weight excluding hydrogens is 216 g/mol. The molecule has 0 radical (unpaired) electrons. The Morgan fingerprint density at radius 2 is 2.18 bits per heavy atom. The van der Waals surface area contributed by atoms with Gasteiger partial charge in [-0.05, 0) is 33.8 Å². The van der Waals surface area contributed by atoms with Crippen molar-refractivity contribution in [3.63, 3.8) is 0 Å². The average molecular weight is 238 g/mol. The highest BCUT2D eigenvalue weighted by atomic mass is 16.2. The molecule has 0 saturated heterocycles. The Morgan fingerprint density at radius 3 is 2.76 bits per heavy atom. The van der Waals surface area contributed by atoms with E-state index in [-0.39, 0.29) is 11.4 Å². The molecule has 5 heteroatoms. The van der Waals surface area contributed by atoms with Crippen LogP contribution in [0.2, 0.25) is 0 Å². The number of carbonyl (C=O) groups excluding carboxylic acids is 1. The Balaban J connectivity index is 2.31. The van der Waals surface area contributed by atoms with Crippen LogP contribution in [0.5, 0.6) is 0 Å². The Hall–Kier alpha value is -1.36. The van der Waals surface area contributed by atoms with Gasteiger partial charge in [-0.25, -0.2) is 0 Å². The second-order valence-electron chi connectivity index (χ2n) is 5.04. The maximum absolute atomic E-state index is 11.5. The second-order valence-corrected chi connectivity index (χ2v) is 5.04. The lowest BCUT2D eigenvalue weighted by Gasteiger charge is -2.20. The van der Waals surface area contributed by atoms with Gasteiger partial charge < -0.3 is 10.6 Å². The lowest BCUT2D eigenvalue weighted by Crippen LogP contribution is -2.44. The molecule has 1 amide bonds. The number of rotatable bonds is 5. The van der Waals surface area contributed by atoms with Gasteiger partial charge in [-0.3, -0.25) is 9.48 Å². The summed E-state index contributed by atoms with van der Waals surface area (Å²) < 4.78 is 1.91. The van der Waals surface area contributed by atoms with Crippen LogP contribution in [0, 0.1) is 0 Å². The van der Waals surface area contributed by atoms with Crippen molar-refractivity contribution < 1.29 is 4.79 Å². The van der Waals surface area contributed by atoms with Crippen LogP contribution in [0.15, 0.2) is 12.3 Å². The molecule has 0 spiro atoms. The fourth-order valence-corrected chi connectivity index (χ4v) is 1.56. The van der Waals surface area contributed by atoms with Crippen molar-refractivity contribution in [2.24, 2.45) is 0 Å². The summed E-state index contributed by atoms with van der Waals surface area (Å²) in [6, 6.07) is 1.96. The molecule has 1 rings (SSSR count). The molecule has 0 fully saturated rings. The maximum Gasteiger partial charge on any atom is 0.234 e. The van der Waals surface area contributed by atoms with Gasteiger partial charge in [0.15, 0.2) is 0 Å². The van der Waals surface area contributed by atoms with E-state index in [1.165, 1.54) is 0 Å². The van der Waals surface area contributed by atoms with Gasteiger partial charge in [-0.15, -0.1) is 0 Å². The van der Waals surface area contributed by atoms with Crippen molar-refractivity contribution in [1.29, 1.82) is 0 Å². The van der Waals surface area contributed by atoms with E-state index < -0.39 is 0 Å². The van der Waals surface area contributed by atoms with Crippen LogP contribution < -0.4 is 10.6 Å². The molecular formula is C12H22N4O. The number of nitrogens with one attached hydrogen (secondary N) is 2. The molecule has 1 aromatic heterocycles. The van der Waals surface area contributed by atoms with E-state index in [0.29, 0.717) is 13.1 Å². The van der Waals surface area contributed by atoms with E-state index in [0.717, 1.165) is 12.2 Å². The van der Waals surface area contributed by atoms with E-state index in [2.05, 4.69) is 15.7 Å². The van der Waals surface area contributed by atoms with E-state index >= 15 is 0 Å². The van der Waals surface area contributed by atoms with Crippen molar-refractivity contribution in [1.82, 2.24) is 20.4 Å². The molecule has 0 aliphatic carbocycles. The smallest absolute Gasteiger partial charge is 0.234 e. The summed E-state index contributed by atoms with van der Waals surface area (Å²) >= 11 is 0. The Kier molecular flexibility index (Phi) is 4.69. The number of aromatic nitrogens is 2. The SMILES string of the molecule is CCn1nccc1CNCC(=O)NC(C)(C)C. The highest BCUT2D eigenvalue weighted by Gasteiger charge is 2.13. The first kappa shape index (κ1) is 13.7. The first-order chi connectivity index (χ1) is 7.92. The average Bonchev–Trinajstić information content (AvgIpc) is 2.62. The topological polar surface area (TPSA) is 59.0 Å². The first-order valence-corrected chi connectivity index (χ1v) is 5.95. The molecule has 0 aromatic carbocycles. The Morgan fingerprint density at radius 1 is 1.47 bits per heavy atom. The molecule has 2 N–H and O–H groups in total. The zero-order valence-corrected chi connectivity index (χ0v) is 11.1. The first-order valence-electron chi connectivity index (χ1n) is 5.95. The minimum Gasteiger partial charge on any atom is -0.350 e. The summed E-state index contributed by atoms with van der Waals surface area (Å²) in [4.78, 5) is 11.5. The van der Waals surface area contributed by atoms with Gasteiger partial charge in [-0.1, -0.05) is 0 Å². The van der Waals surface area contributed by atoms with Crippen LogP contribution in [0.1, 0.15) is 33.4 Å². The number of hydrogen-bond donors (Lipinski definition) is 2. The third kappa shape index (κ3) is 4.99. The summed E-state index contributed by atoms with van der Waals surface area (Å²) in [7, 11) is 0. The predicted octanol–water partition coefficient (Wildman–Crippen LogP) is 0.907. The largest absolute Gasteiger partial charge is 0.350 e. The van der Waals surface area contributed by atoms with Crippen LogP contribution in [-0.4, -0.2) is 27.8 Å². The third-order valence-electron chi connectivity index (χ3n) is 2.21. The van der Waals surface area contributed by atoms with Crippen molar-refractivity contribution >= 4 is 5.91 Å². The van der Waals surface area contributed by atoms with Gasteiger partial charge in [0, 0.05) is 24.8 Å². The lowest BCUT2D eigenvalue weighted by atomic mass is 10.1. The summed E-state index contributed by atoms with van der Waals surface area (Å²) in [6.45, 7) is 9.78. The van der Waals surface area contributed by atoms with Gasteiger partial charge in [0.1, 0.15) is 0 Å². The molecule has 0 aliphatic heterocycles. The fraction of sp³-hybridized carbons (Fsp3) is 0.667. The van der Waals surface area contributed by atoms with Crippen LogP contribution in [0.4, 0.5) is 0 Å². The Bertz CT molecular complexity index is 365. The van der Waals surface area contributed by atoms with Crippen LogP contribution in [0.3, 0.4) is 0 Å². The molecule has 5 nitrogen and oxygen atoms in total. The summed E-state index contributed by atoms with van der Waals surface area (Å²) in [5, 5.41) is 10.2. The number of carbonyl (C=O) groups is 1. The van der Waals surface area contributed by atoms with Crippen LogP contribution in [0.25, 0.3) is 0 Å². The Labute approximate surface area is 103 Å². The minimum absolute atomic E-state index is 0.0139. The third-order valence-corrected chi connectivity index (χ3v) is 2.21. The maximum atomic E-state index is 11.5. The number of aryl methyl sites for hydroxylation is 1. The van der Waals surface area contributed by atoms with Crippen LogP contribution in [-0.2, 0) is 17.9 Å². The normalized spacial score (nSPS) is 11.5. The molecule has 0 bridgehead atoms. The van der Waals surface area contributed by atoms with Crippen molar-refractivity contribution in [3.8, 4) is 0 Å². The minimum atomic E-state index is -0.177. The van der Waals surface area contributed by atoms with Gasteiger partial charge in [-0.2, -0.15) is 5.10 Å². The van der Waals surface area contributed by atoms with E-state index in [9.17, 15) is 4.79 Å². The molecule has 1 heterocycles. The van der Waals surface area contributed by atoms with E-state index in [1.54, 1.807) is 6.20 Å². The van der Waals surface area contributed by atoms with Crippen molar-refractivity contribution in [2.75, 3.05) is 6.54 Å². The van der Waals surface area contributed by atoms with E-state index in [4.69, 9.17) is 0 Å². The lowest BCUT2D eigenvalue weighted by molar-refractivity contribution is -0.121. The number of amides is 1. The molecule has 0 aliphatic rings. The van der Waals surface area contributed by atoms with Gasteiger partial charge >= 0.3 is 0 Å². The molecule has 1 aromatic rings. The zero-order chi connectivity index (χ0) is 12.9. The fourth-order valence-electron chi connectivity index (χ4n) is 1.56. The van der Waals surface area contributed by atoms with Gasteiger partial charge in [0.25, 0.3) is 0 Å². The summed E-state index contributed by atoms with van der Waals surface area (Å²) in [5.74, 6) is 0.0139. The molecule has 0 unspecified atom stereocenters. The predicted molar refractivity (Wildman–Crippen MR) is 67.5 cm³/mol. The van der Waals surface area contributed by atoms with E-state index in [1.807, 2.05) is 38.4 Å². The van der Waals surface area contributed by atoms with Crippen molar-refractivity contribution in [3.05, 3.63) is 18.0 Å². The highest BCUT2D eigenvalue weighted by Crippen LogP contribution is 1.99. The van der Waals surface area contributed by atoms with Gasteiger partial charge in [0.05, 0.1) is 12.2 Å². The molecule has 17 heavy (non-hydrogen) atoms. The van der Waals surface area contributed by atoms with Crippen LogP contribution >= 0.6 is 0 Å². The molecule has 0 saturated carbocycles. The molecule has 96 valence electrons. The van der Waals surface area contributed by atoms with Crippen molar-refractivity contribution in [2.45, 2.75) is 46.3 Å². The summed E-state index contributed by atoms with van der Waals surface area (Å²) in [6.07, 6.45) is 1.77. The standard InChI is InChI=1S/C12H22N4O/c1-5-16-10(6-7-14-16)8-13-9-11(17)15-12(2,3)4/h6-7,13H,5,8-9H2,1-4H3,(H,15,17). The number of hydrogen-bond acceptors (Lipinski definition) is 3. The highest BCUT2D eigenvalue weighted by molar-refractivity contribution is 5.78. The molecule has 0 atom stereocenters. The number of nitrogens with zero attached hydrogens (tertiary/aromatic N) is 2. The monoisotopic (exact) mass is 238 g/mol. The quantitative estimate of drug-likeness (QED) is 0.801. The zero-order valence-electron chi connectivity index (χ0n) is 11.1.